The predicted molar refractivity (Wildman–Crippen MR) is 150 cm³/mol. The second-order valence-corrected chi connectivity index (χ2v) is 13.0. The molecule has 39 heavy (non-hydrogen) atoms. The van der Waals surface area contributed by atoms with Gasteiger partial charge in [0.05, 0.1) is 36.3 Å². The summed E-state index contributed by atoms with van der Waals surface area (Å²) in [5, 5.41) is 6.21. The Kier molecular flexibility index (Phi) is 7.59. The standard InChI is InChI=1S/C30H41BN4O4/c1-18(2)13-25(31-38-27-22-14-21(29(22,4)5)16-30(27,6)39-31)35-26(36)15-23(20-9-7-19(3)8-10-20)34-28(37)24-17-32-11-12-33-24/h7-12,17-18,21-23,25,27H,13-16H2,1-6H3,(H,34,37)(H,35,36)/t21?,22?,23?,25-,27-,30-/m0/s1. The van der Waals surface area contributed by atoms with Crippen molar-refractivity contribution in [1.29, 1.82) is 0 Å². The van der Waals surface area contributed by atoms with Crippen molar-refractivity contribution in [2.45, 2.75) is 90.9 Å². The van der Waals surface area contributed by atoms with Gasteiger partial charge in [0, 0.05) is 12.4 Å². The molecule has 6 atom stereocenters. The Hall–Kier alpha value is -2.78. The van der Waals surface area contributed by atoms with E-state index in [1.165, 1.54) is 25.0 Å². The van der Waals surface area contributed by atoms with E-state index in [2.05, 4.69) is 55.2 Å². The van der Waals surface area contributed by atoms with Crippen LogP contribution in [0.15, 0.2) is 42.9 Å². The summed E-state index contributed by atoms with van der Waals surface area (Å²) in [5.41, 5.74) is 2.11. The van der Waals surface area contributed by atoms with E-state index in [0.29, 0.717) is 17.8 Å². The first-order chi connectivity index (χ1) is 18.5. The van der Waals surface area contributed by atoms with E-state index in [4.69, 9.17) is 9.31 Å². The van der Waals surface area contributed by atoms with Crippen molar-refractivity contribution in [2.75, 3.05) is 0 Å². The number of hydrogen-bond acceptors (Lipinski definition) is 6. The van der Waals surface area contributed by atoms with E-state index >= 15 is 0 Å². The molecule has 4 fully saturated rings. The number of carbonyl (C=O) groups excluding carboxylic acids is 2. The largest absolute Gasteiger partial charge is 0.481 e. The van der Waals surface area contributed by atoms with E-state index in [0.717, 1.165) is 24.0 Å². The zero-order chi connectivity index (χ0) is 27.9. The Morgan fingerprint density at radius 2 is 1.87 bits per heavy atom. The molecule has 1 saturated heterocycles. The van der Waals surface area contributed by atoms with E-state index in [9.17, 15) is 9.59 Å². The summed E-state index contributed by atoms with van der Waals surface area (Å²) in [4.78, 5) is 34.6. The second-order valence-electron chi connectivity index (χ2n) is 13.0. The first kappa shape index (κ1) is 27.8. The minimum absolute atomic E-state index is 0.0423. The third kappa shape index (κ3) is 5.61. The summed E-state index contributed by atoms with van der Waals surface area (Å²) < 4.78 is 13.2. The van der Waals surface area contributed by atoms with Gasteiger partial charge in [-0.2, -0.15) is 0 Å². The molecule has 1 aromatic heterocycles. The number of rotatable bonds is 9. The topological polar surface area (TPSA) is 102 Å². The maximum atomic E-state index is 13.5. The third-order valence-electron chi connectivity index (χ3n) is 9.20. The van der Waals surface area contributed by atoms with Crippen LogP contribution in [-0.4, -0.2) is 46.5 Å². The molecule has 0 spiro atoms. The van der Waals surface area contributed by atoms with E-state index in [-0.39, 0.29) is 47.0 Å². The van der Waals surface area contributed by atoms with Crippen LogP contribution in [0.1, 0.15) is 88.0 Å². The Balaban J connectivity index is 1.30. The SMILES string of the molecule is Cc1ccc(C(CC(=O)N[C@@H](CC(C)C)B2O[C@H]3C4CC(C[C@]3(C)O2)C4(C)C)NC(=O)c2cnccn2)cc1. The highest BCUT2D eigenvalue weighted by Crippen LogP contribution is 2.64. The van der Waals surface area contributed by atoms with Gasteiger partial charge in [0.2, 0.25) is 5.91 Å². The molecule has 8 nitrogen and oxygen atoms in total. The minimum atomic E-state index is -0.529. The van der Waals surface area contributed by atoms with E-state index in [1.54, 1.807) is 0 Å². The molecule has 2 amide bonds. The molecule has 3 aliphatic carbocycles. The molecule has 0 radical (unpaired) electrons. The lowest BCUT2D eigenvalue weighted by Crippen LogP contribution is -2.63. The van der Waals surface area contributed by atoms with Crippen LogP contribution in [0.2, 0.25) is 0 Å². The van der Waals surface area contributed by atoms with Crippen molar-refractivity contribution in [2.24, 2.45) is 23.2 Å². The highest BCUT2D eigenvalue weighted by molar-refractivity contribution is 6.47. The quantitative estimate of drug-likeness (QED) is 0.463. The fourth-order valence-corrected chi connectivity index (χ4v) is 6.81. The fourth-order valence-electron chi connectivity index (χ4n) is 6.81. The monoisotopic (exact) mass is 532 g/mol. The Bertz CT molecular complexity index is 1190. The maximum absolute atomic E-state index is 13.5. The molecular weight excluding hydrogens is 491 g/mol. The maximum Gasteiger partial charge on any atom is 0.481 e. The van der Waals surface area contributed by atoms with Crippen LogP contribution in [0.25, 0.3) is 0 Å². The van der Waals surface area contributed by atoms with Crippen LogP contribution in [0.5, 0.6) is 0 Å². The van der Waals surface area contributed by atoms with Gasteiger partial charge >= 0.3 is 7.12 Å². The van der Waals surface area contributed by atoms with Crippen molar-refractivity contribution in [3.05, 3.63) is 59.7 Å². The Morgan fingerprint density at radius 1 is 1.13 bits per heavy atom. The van der Waals surface area contributed by atoms with Crippen molar-refractivity contribution in [3.63, 3.8) is 0 Å². The summed E-state index contributed by atoms with van der Waals surface area (Å²) in [6.07, 6.45) is 7.44. The number of carbonyl (C=O) groups is 2. The Morgan fingerprint density at radius 3 is 2.51 bits per heavy atom. The van der Waals surface area contributed by atoms with E-state index < -0.39 is 13.2 Å². The molecule has 3 saturated carbocycles. The van der Waals surface area contributed by atoms with Crippen LogP contribution >= 0.6 is 0 Å². The molecule has 2 bridgehead atoms. The zero-order valence-electron chi connectivity index (χ0n) is 23.9. The molecule has 2 N–H and O–H groups in total. The molecule has 3 unspecified atom stereocenters. The number of nitrogens with zero attached hydrogens (tertiary/aromatic N) is 2. The number of nitrogens with one attached hydrogen (secondary N) is 2. The van der Waals surface area contributed by atoms with Gasteiger partial charge in [-0.25, -0.2) is 4.98 Å². The van der Waals surface area contributed by atoms with Gasteiger partial charge < -0.3 is 19.9 Å². The van der Waals surface area contributed by atoms with Gasteiger partial charge in [-0.15, -0.1) is 0 Å². The highest BCUT2D eigenvalue weighted by Gasteiger charge is 2.67. The minimum Gasteiger partial charge on any atom is -0.404 e. The first-order valence-corrected chi connectivity index (χ1v) is 14.2. The van der Waals surface area contributed by atoms with Crippen molar-refractivity contribution >= 4 is 18.9 Å². The predicted octanol–water partition coefficient (Wildman–Crippen LogP) is 4.44. The van der Waals surface area contributed by atoms with Gasteiger partial charge in [0.15, 0.2) is 0 Å². The van der Waals surface area contributed by atoms with Crippen LogP contribution in [0.3, 0.4) is 0 Å². The fraction of sp³-hybridized carbons (Fsp3) is 0.600. The number of aromatic nitrogens is 2. The van der Waals surface area contributed by atoms with Crippen LogP contribution in [0.4, 0.5) is 0 Å². The molecule has 2 aromatic rings. The summed E-state index contributed by atoms with van der Waals surface area (Å²) in [6, 6.07) is 7.31. The number of amides is 2. The first-order valence-electron chi connectivity index (χ1n) is 14.2. The van der Waals surface area contributed by atoms with Crippen LogP contribution in [0, 0.1) is 30.1 Å². The molecule has 1 aromatic carbocycles. The Labute approximate surface area is 232 Å². The molecule has 2 heterocycles. The highest BCUT2D eigenvalue weighted by atomic mass is 16.7. The van der Waals surface area contributed by atoms with Crippen LogP contribution < -0.4 is 10.6 Å². The van der Waals surface area contributed by atoms with E-state index in [1.807, 2.05) is 31.2 Å². The summed E-state index contributed by atoms with van der Waals surface area (Å²) >= 11 is 0. The van der Waals surface area contributed by atoms with Gasteiger partial charge in [0.1, 0.15) is 5.69 Å². The average molecular weight is 532 g/mol. The van der Waals surface area contributed by atoms with Crippen LogP contribution in [-0.2, 0) is 14.1 Å². The molecule has 9 heteroatoms. The van der Waals surface area contributed by atoms with Gasteiger partial charge in [0.25, 0.3) is 5.91 Å². The lowest BCUT2D eigenvalue weighted by molar-refractivity contribution is -0.185. The molecule has 4 aliphatic rings. The van der Waals surface area contributed by atoms with Gasteiger partial charge in [-0.1, -0.05) is 57.5 Å². The normalized spacial score (nSPS) is 28.3. The number of benzene rings is 1. The summed E-state index contributed by atoms with van der Waals surface area (Å²) in [6.45, 7) is 13.1. The summed E-state index contributed by atoms with van der Waals surface area (Å²) in [5.74, 6) is 0.645. The smallest absolute Gasteiger partial charge is 0.404 e. The molecular formula is C30H41BN4O4. The average Bonchev–Trinajstić information content (AvgIpc) is 3.26. The molecule has 208 valence electrons. The van der Waals surface area contributed by atoms with Crippen molar-refractivity contribution in [3.8, 4) is 0 Å². The van der Waals surface area contributed by atoms with Gasteiger partial charge in [-0.05, 0) is 61.8 Å². The number of aryl methyl sites for hydroxylation is 1. The van der Waals surface area contributed by atoms with Gasteiger partial charge in [-0.3, -0.25) is 14.6 Å². The number of hydrogen-bond donors (Lipinski definition) is 2. The summed E-state index contributed by atoms with van der Waals surface area (Å²) in [7, 11) is -0.492. The van der Waals surface area contributed by atoms with Crippen molar-refractivity contribution in [1.82, 2.24) is 20.6 Å². The third-order valence-corrected chi connectivity index (χ3v) is 9.20. The zero-order valence-corrected chi connectivity index (χ0v) is 23.9. The molecule has 1 aliphatic heterocycles. The lowest BCUT2D eigenvalue weighted by Gasteiger charge is -2.63. The molecule has 6 rings (SSSR count). The lowest BCUT2D eigenvalue weighted by atomic mass is 9.45. The second kappa shape index (κ2) is 10.7. The van der Waals surface area contributed by atoms with Crippen molar-refractivity contribution < 1.29 is 18.9 Å².